The Hall–Kier alpha value is -0.0400. The lowest BCUT2D eigenvalue weighted by molar-refractivity contribution is 0.411. The fourth-order valence-corrected chi connectivity index (χ4v) is 6.36. The van der Waals surface area contributed by atoms with Crippen molar-refractivity contribution in [3.8, 4) is 0 Å². The lowest BCUT2D eigenvalue weighted by Crippen LogP contribution is -2.36. The van der Waals surface area contributed by atoms with Crippen molar-refractivity contribution in [3.05, 3.63) is 11.1 Å². The van der Waals surface area contributed by atoms with Crippen LogP contribution in [0.5, 0.6) is 0 Å². The standard InChI is InChI=1S/C20H32N4S2.2ClH/c1-3-8-16(9-4-1)22-19(23-17-10-5-2-6-11-17)25-14-18-15-26-20-21-12-7-13-24(18)20;;/h15-17H,1-14H2,(H,22,23);2*1H. The average molecular weight is 466 g/mol. The zero-order chi connectivity index (χ0) is 17.6. The second-order valence-corrected chi connectivity index (χ2v) is 9.69. The number of halogens is 2. The maximum Gasteiger partial charge on any atom is 0.167 e. The summed E-state index contributed by atoms with van der Waals surface area (Å²) in [5.41, 5.74) is 1.42. The van der Waals surface area contributed by atoms with Crippen LogP contribution in [0.15, 0.2) is 21.1 Å². The number of nitrogens with one attached hydrogen (secondary N) is 1. The highest BCUT2D eigenvalue weighted by molar-refractivity contribution is 8.17. The van der Waals surface area contributed by atoms with E-state index < -0.39 is 0 Å². The van der Waals surface area contributed by atoms with E-state index in [0.717, 1.165) is 18.8 Å². The van der Waals surface area contributed by atoms with Crippen molar-refractivity contribution in [2.45, 2.75) is 82.7 Å². The van der Waals surface area contributed by atoms with Gasteiger partial charge in [0, 0.05) is 30.6 Å². The van der Waals surface area contributed by atoms with E-state index in [2.05, 4.69) is 20.6 Å². The Kier molecular flexibility index (Phi) is 10.9. The predicted molar refractivity (Wildman–Crippen MR) is 131 cm³/mol. The summed E-state index contributed by atoms with van der Waals surface area (Å²) in [4.78, 5) is 12.3. The molecule has 4 aliphatic rings. The van der Waals surface area contributed by atoms with E-state index >= 15 is 0 Å². The third kappa shape index (κ3) is 6.75. The molecule has 0 saturated heterocycles. The molecular formula is C20H34Cl2N4S2. The second-order valence-electron chi connectivity index (χ2n) is 7.89. The molecule has 2 saturated carbocycles. The maximum absolute atomic E-state index is 5.18. The van der Waals surface area contributed by atoms with Gasteiger partial charge in [-0.15, -0.1) is 24.8 Å². The molecule has 0 aromatic carbocycles. The van der Waals surface area contributed by atoms with Crippen molar-refractivity contribution in [1.29, 1.82) is 0 Å². The van der Waals surface area contributed by atoms with E-state index in [-0.39, 0.29) is 24.8 Å². The summed E-state index contributed by atoms with van der Waals surface area (Å²) in [6.07, 6.45) is 14.6. The van der Waals surface area contributed by atoms with Gasteiger partial charge in [-0.2, -0.15) is 0 Å². The first-order chi connectivity index (χ1) is 12.9. The van der Waals surface area contributed by atoms with Gasteiger partial charge >= 0.3 is 0 Å². The summed E-state index contributed by atoms with van der Waals surface area (Å²) in [5.74, 6) is 1.01. The monoisotopic (exact) mass is 464 g/mol. The SMILES string of the molecule is C1=C(CSC(=NC2CCCCC2)NC2CCCCC2)N2CCCN=C2S1.Cl.Cl. The van der Waals surface area contributed by atoms with Crippen molar-refractivity contribution >= 4 is 58.7 Å². The summed E-state index contributed by atoms with van der Waals surface area (Å²) in [5, 5.41) is 8.54. The molecule has 2 heterocycles. The van der Waals surface area contributed by atoms with Crippen LogP contribution >= 0.6 is 48.3 Å². The van der Waals surface area contributed by atoms with E-state index in [1.54, 1.807) is 11.8 Å². The molecule has 0 aromatic heterocycles. The van der Waals surface area contributed by atoms with Crippen molar-refractivity contribution in [1.82, 2.24) is 10.2 Å². The number of hydrogen-bond acceptors (Lipinski definition) is 5. The Morgan fingerprint density at radius 2 is 1.79 bits per heavy atom. The summed E-state index contributed by atoms with van der Waals surface area (Å²) in [6, 6.07) is 1.18. The number of hydrogen-bond donors (Lipinski definition) is 1. The van der Waals surface area contributed by atoms with Crippen LogP contribution in [-0.2, 0) is 0 Å². The molecule has 160 valence electrons. The van der Waals surface area contributed by atoms with Crippen LogP contribution in [0.1, 0.15) is 70.6 Å². The van der Waals surface area contributed by atoms with E-state index in [9.17, 15) is 0 Å². The van der Waals surface area contributed by atoms with Crippen LogP contribution in [0.4, 0.5) is 0 Å². The maximum atomic E-state index is 5.18. The van der Waals surface area contributed by atoms with Gasteiger partial charge in [0.2, 0.25) is 0 Å². The molecule has 0 amide bonds. The van der Waals surface area contributed by atoms with Gasteiger partial charge in [-0.05, 0) is 37.5 Å². The van der Waals surface area contributed by atoms with Crippen molar-refractivity contribution in [3.63, 3.8) is 0 Å². The molecular weight excluding hydrogens is 431 g/mol. The Labute approximate surface area is 191 Å². The predicted octanol–water partition coefficient (Wildman–Crippen LogP) is 5.82. The number of aliphatic imine (C=N–C) groups is 2. The summed E-state index contributed by atoms with van der Waals surface area (Å²) in [7, 11) is 0. The normalized spacial score (nSPS) is 23.9. The smallest absolute Gasteiger partial charge is 0.167 e. The number of rotatable bonds is 4. The van der Waals surface area contributed by atoms with Crippen LogP contribution in [0, 0.1) is 0 Å². The molecule has 0 bridgehead atoms. The first-order valence-corrected chi connectivity index (χ1v) is 12.4. The second kappa shape index (κ2) is 12.6. The average Bonchev–Trinajstić information content (AvgIpc) is 3.11. The van der Waals surface area contributed by atoms with Gasteiger partial charge in [0.1, 0.15) is 0 Å². The number of fused-ring (bicyclic) bond motifs is 1. The van der Waals surface area contributed by atoms with Crippen LogP contribution in [0.3, 0.4) is 0 Å². The van der Waals surface area contributed by atoms with E-state index in [1.807, 2.05) is 11.8 Å². The highest BCUT2D eigenvalue weighted by Crippen LogP contribution is 2.31. The van der Waals surface area contributed by atoms with Crippen molar-refractivity contribution in [2.75, 3.05) is 18.8 Å². The molecule has 4 nitrogen and oxygen atoms in total. The Morgan fingerprint density at radius 1 is 1.07 bits per heavy atom. The molecule has 2 fully saturated rings. The topological polar surface area (TPSA) is 40.0 Å². The van der Waals surface area contributed by atoms with Gasteiger partial charge in [0.05, 0.1) is 6.04 Å². The lowest BCUT2D eigenvalue weighted by Gasteiger charge is -2.28. The zero-order valence-corrected chi connectivity index (χ0v) is 19.9. The minimum atomic E-state index is 0. The summed E-state index contributed by atoms with van der Waals surface area (Å²) < 4.78 is 0. The molecule has 2 aliphatic heterocycles. The number of amidine groups is 2. The molecule has 1 N–H and O–H groups in total. The summed E-state index contributed by atoms with van der Waals surface area (Å²) >= 11 is 3.72. The van der Waals surface area contributed by atoms with Crippen molar-refractivity contribution in [2.24, 2.45) is 9.98 Å². The minimum Gasteiger partial charge on any atom is -0.362 e. The Bertz CT molecular complexity index is 571. The van der Waals surface area contributed by atoms with Gasteiger partial charge in [-0.1, -0.05) is 62.0 Å². The molecule has 2 aliphatic carbocycles. The van der Waals surface area contributed by atoms with Crippen LogP contribution in [-0.4, -0.2) is 46.2 Å². The Morgan fingerprint density at radius 3 is 2.54 bits per heavy atom. The lowest BCUT2D eigenvalue weighted by atomic mass is 9.95. The molecule has 4 rings (SSSR count). The fourth-order valence-electron chi connectivity index (χ4n) is 4.30. The van der Waals surface area contributed by atoms with E-state index in [1.165, 1.54) is 86.7 Å². The van der Waals surface area contributed by atoms with Crippen LogP contribution < -0.4 is 5.32 Å². The van der Waals surface area contributed by atoms with Gasteiger partial charge in [0.25, 0.3) is 0 Å². The zero-order valence-electron chi connectivity index (χ0n) is 16.6. The molecule has 8 heteroatoms. The molecule has 0 radical (unpaired) electrons. The largest absolute Gasteiger partial charge is 0.362 e. The third-order valence-electron chi connectivity index (χ3n) is 5.83. The van der Waals surface area contributed by atoms with Crippen molar-refractivity contribution < 1.29 is 0 Å². The van der Waals surface area contributed by atoms with Gasteiger partial charge in [-0.25, -0.2) is 0 Å². The van der Waals surface area contributed by atoms with Crippen LogP contribution in [0.25, 0.3) is 0 Å². The number of thioether (sulfide) groups is 2. The highest BCUT2D eigenvalue weighted by Gasteiger charge is 2.25. The highest BCUT2D eigenvalue weighted by atomic mass is 35.5. The Balaban J connectivity index is 0.00000140. The molecule has 0 atom stereocenters. The number of nitrogens with zero attached hydrogens (tertiary/aromatic N) is 3. The van der Waals surface area contributed by atoms with Crippen LogP contribution in [0.2, 0.25) is 0 Å². The summed E-state index contributed by atoms with van der Waals surface area (Å²) in [6.45, 7) is 2.12. The molecule has 0 unspecified atom stereocenters. The third-order valence-corrected chi connectivity index (χ3v) is 7.72. The quantitative estimate of drug-likeness (QED) is 0.419. The molecule has 0 spiro atoms. The van der Waals surface area contributed by atoms with Gasteiger partial charge in [0.15, 0.2) is 10.3 Å². The van der Waals surface area contributed by atoms with E-state index in [0.29, 0.717) is 12.1 Å². The minimum absolute atomic E-state index is 0. The fraction of sp³-hybridized carbons (Fsp3) is 0.800. The van der Waals surface area contributed by atoms with E-state index in [4.69, 9.17) is 4.99 Å². The van der Waals surface area contributed by atoms with Gasteiger partial charge in [-0.3, -0.25) is 9.98 Å². The first kappa shape index (κ1) is 24.2. The van der Waals surface area contributed by atoms with Gasteiger partial charge < -0.3 is 10.2 Å². The molecule has 28 heavy (non-hydrogen) atoms. The molecule has 0 aromatic rings. The first-order valence-electron chi connectivity index (χ1n) is 10.5.